The zero-order valence-electron chi connectivity index (χ0n) is 14.7. The van der Waals surface area contributed by atoms with Crippen molar-refractivity contribution in [3.05, 3.63) is 46.9 Å². The molecule has 1 aromatic carbocycles. The highest BCUT2D eigenvalue weighted by Crippen LogP contribution is 2.27. The summed E-state index contributed by atoms with van der Waals surface area (Å²) in [6, 6.07) is 3.28. The molecule has 0 radical (unpaired) electrons. The maximum absolute atomic E-state index is 13.6. The number of amides is 1. The van der Waals surface area contributed by atoms with Gasteiger partial charge < -0.3 is 4.57 Å². The summed E-state index contributed by atoms with van der Waals surface area (Å²) in [7, 11) is 0. The number of halogens is 2. The van der Waals surface area contributed by atoms with Gasteiger partial charge >= 0.3 is 0 Å². The van der Waals surface area contributed by atoms with Crippen LogP contribution in [0, 0.1) is 18.6 Å². The number of aromatic nitrogens is 2. The van der Waals surface area contributed by atoms with E-state index in [1.807, 2.05) is 13.8 Å². The van der Waals surface area contributed by atoms with Crippen LogP contribution in [0.5, 0.6) is 0 Å². The number of imidazole rings is 1. The van der Waals surface area contributed by atoms with Crippen LogP contribution in [-0.4, -0.2) is 22.0 Å². The van der Waals surface area contributed by atoms with Crippen LogP contribution in [0.1, 0.15) is 54.5 Å². The lowest BCUT2D eigenvalue weighted by atomic mass is 10.1. The van der Waals surface area contributed by atoms with Gasteiger partial charge in [-0.25, -0.2) is 13.8 Å². The lowest BCUT2D eigenvalue weighted by Crippen LogP contribution is -2.33. The van der Waals surface area contributed by atoms with E-state index >= 15 is 0 Å². The predicted octanol–water partition coefficient (Wildman–Crippen LogP) is 4.25. The molecule has 134 valence electrons. The molecule has 1 aromatic heterocycles. The summed E-state index contributed by atoms with van der Waals surface area (Å²) in [6.07, 6.45) is 4.85. The maximum Gasteiger partial charge on any atom is 0.259 e. The molecule has 2 heterocycles. The fourth-order valence-corrected chi connectivity index (χ4v) is 3.28. The molecule has 0 saturated heterocycles. The van der Waals surface area contributed by atoms with Crippen molar-refractivity contribution < 1.29 is 13.6 Å². The topological polar surface area (TPSA) is 38.1 Å². The minimum absolute atomic E-state index is 0.139. The number of fused-ring (bicyclic) bond motifs is 1. The van der Waals surface area contributed by atoms with Crippen LogP contribution in [-0.2, 0) is 13.0 Å². The first-order chi connectivity index (χ1) is 12.0. The van der Waals surface area contributed by atoms with E-state index in [1.54, 1.807) is 4.90 Å². The molecule has 0 saturated carbocycles. The number of aryl methyl sites for hydroxylation is 1. The molecule has 2 aromatic rings. The van der Waals surface area contributed by atoms with Crippen molar-refractivity contribution in [1.29, 1.82) is 0 Å². The molecule has 3 rings (SSSR count). The van der Waals surface area contributed by atoms with Gasteiger partial charge in [0.1, 0.15) is 5.82 Å². The summed E-state index contributed by atoms with van der Waals surface area (Å²) in [5.41, 5.74) is 1.10. The number of hydrogen-bond donors (Lipinski definition) is 0. The third-order valence-corrected chi connectivity index (χ3v) is 4.71. The summed E-state index contributed by atoms with van der Waals surface area (Å²) in [5, 5.41) is 0. The normalized spacial score (nSPS) is 13.6. The lowest BCUT2D eigenvalue weighted by Gasteiger charge is -2.22. The van der Waals surface area contributed by atoms with Crippen LogP contribution >= 0.6 is 0 Å². The zero-order chi connectivity index (χ0) is 18.0. The van der Waals surface area contributed by atoms with Crippen LogP contribution in [0.2, 0.25) is 0 Å². The smallest absolute Gasteiger partial charge is 0.259 e. The fraction of sp³-hybridized carbons (Fsp3) is 0.474. The van der Waals surface area contributed by atoms with Gasteiger partial charge in [0.25, 0.3) is 5.91 Å². The second-order valence-electron chi connectivity index (χ2n) is 6.49. The van der Waals surface area contributed by atoms with Crippen molar-refractivity contribution in [2.45, 2.75) is 52.5 Å². The average molecular weight is 347 g/mol. The summed E-state index contributed by atoms with van der Waals surface area (Å²) in [4.78, 5) is 19.3. The first-order valence-corrected chi connectivity index (χ1v) is 8.85. The summed E-state index contributed by atoms with van der Waals surface area (Å²) < 4.78 is 28.9. The van der Waals surface area contributed by atoms with Crippen molar-refractivity contribution in [1.82, 2.24) is 9.55 Å². The highest BCUT2D eigenvalue weighted by atomic mass is 19.2. The molecule has 0 bridgehead atoms. The molecule has 0 N–H and O–H groups in total. The molecule has 1 aliphatic heterocycles. The number of benzene rings is 1. The number of unbranched alkanes of at least 4 members (excludes halogenated alkanes) is 1. The van der Waals surface area contributed by atoms with E-state index < -0.39 is 11.6 Å². The van der Waals surface area contributed by atoms with Crippen molar-refractivity contribution in [2.24, 2.45) is 0 Å². The monoisotopic (exact) mass is 347 g/mol. The van der Waals surface area contributed by atoms with Crippen LogP contribution in [0.25, 0.3) is 0 Å². The number of carbonyl (C=O) groups is 1. The van der Waals surface area contributed by atoms with Gasteiger partial charge in [-0.3, -0.25) is 9.69 Å². The molecular weight excluding hydrogens is 324 g/mol. The second kappa shape index (κ2) is 7.33. The standard InChI is InChI=1S/C19H23F2N3O/c1-3-4-10-24(19(25)14-8-9-15(20)16(21)12-14)18-13(2)23-11-6-5-7-17(23)22-18/h8-9,12H,3-7,10-11H2,1-2H3. The molecule has 25 heavy (non-hydrogen) atoms. The SMILES string of the molecule is CCCCN(C(=O)c1ccc(F)c(F)c1)c1nc2n(c1C)CCCC2. The minimum atomic E-state index is -1.01. The molecule has 0 fully saturated rings. The van der Waals surface area contributed by atoms with Crippen LogP contribution in [0.15, 0.2) is 18.2 Å². The van der Waals surface area contributed by atoms with E-state index in [-0.39, 0.29) is 11.5 Å². The van der Waals surface area contributed by atoms with E-state index in [0.717, 1.165) is 62.3 Å². The number of nitrogens with zero attached hydrogens (tertiary/aromatic N) is 3. The molecule has 0 spiro atoms. The largest absolute Gasteiger partial charge is 0.330 e. The Bertz CT molecular complexity index is 785. The number of rotatable bonds is 5. The Kier molecular flexibility index (Phi) is 5.16. The van der Waals surface area contributed by atoms with Crippen LogP contribution in [0.3, 0.4) is 0 Å². The Balaban J connectivity index is 1.98. The summed E-state index contributed by atoms with van der Waals surface area (Å²) >= 11 is 0. The Morgan fingerprint density at radius 2 is 2.08 bits per heavy atom. The van der Waals surface area contributed by atoms with Crippen molar-refractivity contribution in [3.63, 3.8) is 0 Å². The molecule has 1 aliphatic rings. The van der Waals surface area contributed by atoms with Gasteiger partial charge in [-0.15, -0.1) is 0 Å². The molecule has 1 amide bonds. The predicted molar refractivity (Wildman–Crippen MR) is 92.8 cm³/mol. The first kappa shape index (κ1) is 17.6. The van der Waals surface area contributed by atoms with Gasteiger partial charge in [-0.05, 0) is 44.4 Å². The first-order valence-electron chi connectivity index (χ1n) is 8.85. The Hall–Kier alpha value is -2.24. The quantitative estimate of drug-likeness (QED) is 0.811. The van der Waals surface area contributed by atoms with Crippen molar-refractivity contribution in [3.8, 4) is 0 Å². The minimum Gasteiger partial charge on any atom is -0.330 e. The van der Waals surface area contributed by atoms with Crippen molar-refractivity contribution in [2.75, 3.05) is 11.4 Å². The van der Waals surface area contributed by atoms with Crippen LogP contribution in [0.4, 0.5) is 14.6 Å². The van der Waals surface area contributed by atoms with E-state index in [4.69, 9.17) is 4.98 Å². The van der Waals surface area contributed by atoms with Gasteiger partial charge in [0.05, 0.1) is 5.69 Å². The Morgan fingerprint density at radius 1 is 1.28 bits per heavy atom. The van der Waals surface area contributed by atoms with E-state index in [0.29, 0.717) is 12.4 Å². The van der Waals surface area contributed by atoms with Gasteiger partial charge in [0.15, 0.2) is 17.5 Å². The number of carbonyl (C=O) groups excluding carboxylic acids is 1. The summed E-state index contributed by atoms with van der Waals surface area (Å²) in [6.45, 7) is 5.43. The highest BCUT2D eigenvalue weighted by molar-refractivity contribution is 6.05. The van der Waals surface area contributed by atoms with Gasteiger partial charge in [0.2, 0.25) is 0 Å². The van der Waals surface area contributed by atoms with Crippen LogP contribution < -0.4 is 4.90 Å². The molecule has 6 heteroatoms. The molecule has 0 atom stereocenters. The summed E-state index contributed by atoms with van der Waals surface area (Å²) in [5.74, 6) is -0.670. The molecule has 0 aliphatic carbocycles. The van der Waals surface area contributed by atoms with E-state index in [9.17, 15) is 13.6 Å². The van der Waals surface area contributed by atoms with Gasteiger partial charge in [0, 0.05) is 25.1 Å². The van der Waals surface area contributed by atoms with Gasteiger partial charge in [-0.2, -0.15) is 0 Å². The second-order valence-corrected chi connectivity index (χ2v) is 6.49. The zero-order valence-corrected chi connectivity index (χ0v) is 14.7. The fourth-order valence-electron chi connectivity index (χ4n) is 3.28. The lowest BCUT2D eigenvalue weighted by molar-refractivity contribution is 0.0985. The van der Waals surface area contributed by atoms with Gasteiger partial charge in [-0.1, -0.05) is 13.3 Å². The third kappa shape index (κ3) is 3.43. The maximum atomic E-state index is 13.6. The highest BCUT2D eigenvalue weighted by Gasteiger charge is 2.26. The number of anilines is 1. The molecule has 0 unspecified atom stereocenters. The Labute approximate surface area is 146 Å². The van der Waals surface area contributed by atoms with E-state index in [2.05, 4.69) is 4.57 Å². The van der Waals surface area contributed by atoms with Crippen molar-refractivity contribution >= 4 is 11.7 Å². The Morgan fingerprint density at radius 3 is 2.76 bits per heavy atom. The molecule has 4 nitrogen and oxygen atoms in total. The average Bonchev–Trinajstić information content (AvgIpc) is 2.95. The number of hydrogen-bond acceptors (Lipinski definition) is 2. The molecular formula is C19H23F2N3O. The van der Waals surface area contributed by atoms with E-state index in [1.165, 1.54) is 6.07 Å². The third-order valence-electron chi connectivity index (χ3n) is 4.71.